The van der Waals surface area contributed by atoms with Crippen LogP contribution in [0.1, 0.15) is 28.8 Å². The smallest absolute Gasteiger partial charge is 0.251 e. The summed E-state index contributed by atoms with van der Waals surface area (Å²) in [5.41, 5.74) is 1.57. The quantitative estimate of drug-likeness (QED) is 0.807. The molecule has 1 saturated heterocycles. The summed E-state index contributed by atoms with van der Waals surface area (Å²) in [5.74, 6) is -0.00782. The summed E-state index contributed by atoms with van der Waals surface area (Å²) in [4.78, 5) is 32.8. The van der Waals surface area contributed by atoms with Crippen LogP contribution in [0.4, 0.5) is 5.13 Å². The van der Waals surface area contributed by atoms with Crippen molar-refractivity contribution in [3.63, 3.8) is 0 Å². The van der Waals surface area contributed by atoms with Gasteiger partial charge in [-0.2, -0.15) is 0 Å². The van der Waals surface area contributed by atoms with Gasteiger partial charge >= 0.3 is 0 Å². The van der Waals surface area contributed by atoms with Crippen molar-refractivity contribution in [3.8, 4) is 0 Å². The summed E-state index contributed by atoms with van der Waals surface area (Å²) in [5, 5.41) is 5.96. The van der Waals surface area contributed by atoms with E-state index in [1.807, 2.05) is 22.4 Å². The average Bonchev–Trinajstić information content (AvgIpc) is 3.35. The van der Waals surface area contributed by atoms with Crippen LogP contribution in [0.25, 0.3) is 6.08 Å². The van der Waals surface area contributed by atoms with E-state index in [-0.39, 0.29) is 11.8 Å². The number of carbonyl (C=O) groups excluding carboxylic acids is 2. The molecule has 1 saturated carbocycles. The third-order valence-corrected chi connectivity index (χ3v) is 5.62. The highest BCUT2D eigenvalue weighted by Crippen LogP contribution is 2.20. The van der Waals surface area contributed by atoms with Crippen LogP contribution in [-0.2, 0) is 4.79 Å². The Morgan fingerprint density at radius 3 is 2.48 bits per heavy atom. The van der Waals surface area contributed by atoms with Gasteiger partial charge in [0.25, 0.3) is 5.91 Å². The summed E-state index contributed by atoms with van der Waals surface area (Å²) in [7, 11) is 0. The molecule has 1 aliphatic heterocycles. The van der Waals surface area contributed by atoms with Crippen molar-refractivity contribution in [3.05, 3.63) is 53.0 Å². The normalized spacial score (nSPS) is 17.3. The fourth-order valence-corrected chi connectivity index (χ4v) is 3.70. The Labute approximate surface area is 162 Å². The highest BCUT2D eigenvalue weighted by molar-refractivity contribution is 7.13. The summed E-state index contributed by atoms with van der Waals surface area (Å²) >= 11 is 1.63. The second-order valence-electron chi connectivity index (χ2n) is 6.83. The Morgan fingerprint density at radius 2 is 1.85 bits per heavy atom. The van der Waals surface area contributed by atoms with Crippen molar-refractivity contribution in [1.29, 1.82) is 0 Å². The first-order valence-electron chi connectivity index (χ1n) is 9.21. The average molecular weight is 382 g/mol. The molecule has 2 aromatic rings. The van der Waals surface area contributed by atoms with E-state index in [1.165, 1.54) is 0 Å². The number of anilines is 1. The Hall–Kier alpha value is -2.67. The molecular weight excluding hydrogens is 360 g/mol. The van der Waals surface area contributed by atoms with Gasteiger partial charge in [-0.25, -0.2) is 4.98 Å². The van der Waals surface area contributed by atoms with E-state index < -0.39 is 0 Å². The van der Waals surface area contributed by atoms with Crippen LogP contribution in [0.3, 0.4) is 0 Å². The van der Waals surface area contributed by atoms with Crippen molar-refractivity contribution >= 4 is 34.4 Å². The molecule has 4 rings (SSSR count). The van der Waals surface area contributed by atoms with Crippen LogP contribution in [-0.4, -0.2) is 53.9 Å². The second kappa shape index (κ2) is 7.92. The Morgan fingerprint density at radius 1 is 1.11 bits per heavy atom. The van der Waals surface area contributed by atoms with Gasteiger partial charge in [0.2, 0.25) is 5.91 Å². The molecule has 1 N–H and O–H groups in total. The van der Waals surface area contributed by atoms with Crippen molar-refractivity contribution < 1.29 is 9.59 Å². The lowest BCUT2D eigenvalue weighted by molar-refractivity contribution is -0.126. The molecule has 2 aliphatic rings. The second-order valence-corrected chi connectivity index (χ2v) is 7.70. The summed E-state index contributed by atoms with van der Waals surface area (Å²) in [6.45, 7) is 3.00. The molecule has 2 fully saturated rings. The largest absolute Gasteiger partial charge is 0.349 e. The molecule has 1 aromatic carbocycles. The lowest BCUT2D eigenvalue weighted by atomic mass is 10.1. The fraction of sp³-hybridized carbons (Fsp3) is 0.350. The summed E-state index contributed by atoms with van der Waals surface area (Å²) in [6.07, 6.45) is 7.37. The van der Waals surface area contributed by atoms with E-state index in [4.69, 9.17) is 0 Å². The van der Waals surface area contributed by atoms with E-state index in [2.05, 4.69) is 15.2 Å². The van der Waals surface area contributed by atoms with Gasteiger partial charge in [-0.15, -0.1) is 11.3 Å². The summed E-state index contributed by atoms with van der Waals surface area (Å²) < 4.78 is 0. The molecule has 27 heavy (non-hydrogen) atoms. The van der Waals surface area contributed by atoms with Crippen molar-refractivity contribution in [2.24, 2.45) is 0 Å². The van der Waals surface area contributed by atoms with Crippen LogP contribution < -0.4 is 10.2 Å². The fourth-order valence-electron chi connectivity index (χ4n) is 3.01. The highest BCUT2D eigenvalue weighted by Gasteiger charge is 2.23. The molecule has 2 amide bonds. The molecule has 7 heteroatoms. The van der Waals surface area contributed by atoms with Crippen molar-refractivity contribution in [2.45, 2.75) is 18.9 Å². The maximum atomic E-state index is 12.4. The molecule has 0 spiro atoms. The van der Waals surface area contributed by atoms with E-state index in [9.17, 15) is 9.59 Å². The summed E-state index contributed by atoms with van der Waals surface area (Å²) in [6, 6.07) is 7.69. The predicted octanol–water partition coefficient (Wildman–Crippen LogP) is 2.40. The molecule has 0 unspecified atom stereocenters. The van der Waals surface area contributed by atoms with Crippen LogP contribution in [0.5, 0.6) is 0 Å². The number of carbonyl (C=O) groups is 2. The molecule has 0 atom stereocenters. The molecule has 140 valence electrons. The van der Waals surface area contributed by atoms with Crippen molar-refractivity contribution in [1.82, 2.24) is 15.2 Å². The number of nitrogens with zero attached hydrogens (tertiary/aromatic N) is 3. The molecule has 0 bridgehead atoms. The molecule has 1 aliphatic carbocycles. The maximum Gasteiger partial charge on any atom is 0.251 e. The number of hydrogen-bond acceptors (Lipinski definition) is 5. The number of thiazole rings is 1. The minimum Gasteiger partial charge on any atom is -0.349 e. The lowest BCUT2D eigenvalue weighted by Gasteiger charge is -2.34. The van der Waals surface area contributed by atoms with Crippen LogP contribution >= 0.6 is 11.3 Å². The zero-order valence-electron chi connectivity index (χ0n) is 15.0. The first kappa shape index (κ1) is 17.7. The molecular formula is C20H22N4O2S. The standard InChI is InChI=1S/C20H22N4O2S/c25-18(23-10-12-24(13-11-23)20-21-9-14-27-20)8-3-15-1-4-16(5-2-15)19(26)22-17-6-7-17/h1-5,8-9,14,17H,6-7,10-13H2,(H,22,26)/b8-3+. The number of benzene rings is 1. The Kier molecular flexibility index (Phi) is 5.20. The third-order valence-electron chi connectivity index (χ3n) is 4.78. The van der Waals surface area contributed by atoms with Crippen LogP contribution in [0, 0.1) is 0 Å². The molecule has 2 heterocycles. The van der Waals surface area contributed by atoms with Gasteiger partial charge in [-0.05, 0) is 36.6 Å². The zero-order chi connectivity index (χ0) is 18.6. The number of nitrogens with one attached hydrogen (secondary N) is 1. The number of rotatable bonds is 5. The lowest BCUT2D eigenvalue weighted by Crippen LogP contribution is -2.48. The van der Waals surface area contributed by atoms with E-state index in [1.54, 1.807) is 41.8 Å². The van der Waals surface area contributed by atoms with Crippen molar-refractivity contribution in [2.75, 3.05) is 31.1 Å². The number of amides is 2. The SMILES string of the molecule is O=C(NC1CC1)c1ccc(/C=C/C(=O)N2CCN(c3nccs3)CC2)cc1. The maximum absolute atomic E-state index is 12.4. The molecule has 1 aromatic heterocycles. The minimum atomic E-state index is -0.0257. The highest BCUT2D eigenvalue weighted by atomic mass is 32.1. The van der Waals surface area contributed by atoms with Gasteiger partial charge in [0, 0.05) is 55.4 Å². The van der Waals surface area contributed by atoms with Crippen LogP contribution in [0.2, 0.25) is 0 Å². The van der Waals surface area contributed by atoms with E-state index in [0.717, 1.165) is 36.6 Å². The van der Waals surface area contributed by atoms with Gasteiger partial charge in [-0.3, -0.25) is 9.59 Å². The number of hydrogen-bond donors (Lipinski definition) is 1. The topological polar surface area (TPSA) is 65.5 Å². The monoisotopic (exact) mass is 382 g/mol. The minimum absolute atomic E-state index is 0.0179. The Bertz CT molecular complexity index is 820. The molecule has 0 radical (unpaired) electrons. The number of piperazine rings is 1. The first-order valence-corrected chi connectivity index (χ1v) is 10.1. The third kappa shape index (κ3) is 4.54. The van der Waals surface area contributed by atoms with Gasteiger partial charge in [0.05, 0.1) is 0 Å². The van der Waals surface area contributed by atoms with E-state index >= 15 is 0 Å². The first-order chi connectivity index (χ1) is 13.2. The Balaban J connectivity index is 1.29. The van der Waals surface area contributed by atoms with Gasteiger partial charge in [0.1, 0.15) is 0 Å². The van der Waals surface area contributed by atoms with E-state index in [0.29, 0.717) is 24.7 Å². The zero-order valence-corrected chi connectivity index (χ0v) is 15.8. The van der Waals surface area contributed by atoms with Gasteiger partial charge < -0.3 is 15.1 Å². The predicted molar refractivity (Wildman–Crippen MR) is 107 cm³/mol. The molecule has 6 nitrogen and oxygen atoms in total. The number of aromatic nitrogens is 1. The van der Waals surface area contributed by atoms with Gasteiger partial charge in [0.15, 0.2) is 5.13 Å². The van der Waals surface area contributed by atoms with Crippen LogP contribution in [0.15, 0.2) is 41.9 Å². The van der Waals surface area contributed by atoms with Gasteiger partial charge in [-0.1, -0.05) is 12.1 Å².